The largest absolute Gasteiger partial charge is 0.496 e. The molecule has 1 aliphatic rings. The van der Waals surface area contributed by atoms with E-state index in [-0.39, 0.29) is 41.5 Å². The summed E-state index contributed by atoms with van der Waals surface area (Å²) in [5, 5.41) is 33.6. The molecule has 0 saturated carbocycles. The number of hydrogen-bond acceptors (Lipinski definition) is 12. The summed E-state index contributed by atoms with van der Waals surface area (Å²) in [5.41, 5.74) is 4.74. The first-order valence-corrected chi connectivity index (χ1v) is 20.1. The molecule has 326 valence electrons. The molecule has 4 heterocycles. The van der Waals surface area contributed by atoms with E-state index in [0.717, 1.165) is 10.2 Å². The number of aromatic carboxylic acids is 1. The number of carbonyl (C=O) groups is 2. The van der Waals surface area contributed by atoms with Crippen LogP contribution < -0.4 is 25.7 Å². The summed E-state index contributed by atoms with van der Waals surface area (Å²) in [7, 11) is 4.59. The molecule has 3 aromatic heterocycles. The SMILES string of the molecule is CC(CO)NC(=O)c1cc(-c2ccc(Cl)cc2)nn(-c2cnn(C)c2)c1=O.COc1cc(Nc2ncc3c(n2)-c2ccc(Cl)cc2C(c2c(F)cccc2OC)=NC3)ccc1C(=O)O. The molecule has 0 bridgehead atoms. The first kappa shape index (κ1) is 44.6. The number of rotatable bonds is 11. The van der Waals surface area contributed by atoms with Crippen LogP contribution in [-0.2, 0) is 13.6 Å². The van der Waals surface area contributed by atoms with Gasteiger partial charge in [-0.15, -0.1) is 0 Å². The van der Waals surface area contributed by atoms with Gasteiger partial charge in [0, 0.05) is 63.3 Å². The number of aromatic nitrogens is 6. The van der Waals surface area contributed by atoms with E-state index in [1.54, 1.807) is 87.0 Å². The average molecular weight is 907 g/mol. The summed E-state index contributed by atoms with van der Waals surface area (Å²) >= 11 is 12.3. The van der Waals surface area contributed by atoms with Crippen LogP contribution >= 0.6 is 23.2 Å². The van der Waals surface area contributed by atoms with Gasteiger partial charge < -0.3 is 30.3 Å². The van der Waals surface area contributed by atoms with E-state index in [0.29, 0.717) is 61.0 Å². The van der Waals surface area contributed by atoms with E-state index in [4.69, 9.17) is 47.8 Å². The molecule has 1 amide bonds. The third-order valence-electron chi connectivity index (χ3n) is 9.77. The number of fused-ring (bicyclic) bond motifs is 3. The Morgan fingerprint density at radius 2 is 1.67 bits per heavy atom. The number of nitrogens with zero attached hydrogens (tertiary/aromatic N) is 7. The number of carboxylic acid groups (broad SMARTS) is 1. The van der Waals surface area contributed by atoms with Crippen LogP contribution in [0.15, 0.2) is 113 Å². The van der Waals surface area contributed by atoms with Crippen molar-refractivity contribution in [1.82, 2.24) is 34.8 Å². The van der Waals surface area contributed by atoms with Crippen molar-refractivity contribution < 1.29 is 33.7 Å². The van der Waals surface area contributed by atoms with Crippen LogP contribution in [0.1, 0.15) is 44.3 Å². The molecule has 19 heteroatoms. The Labute approximate surface area is 374 Å². The molecule has 1 aliphatic heterocycles. The molecule has 1 unspecified atom stereocenters. The van der Waals surface area contributed by atoms with Crippen molar-refractivity contribution in [1.29, 1.82) is 0 Å². The van der Waals surface area contributed by atoms with Crippen LogP contribution in [0.2, 0.25) is 10.0 Å². The van der Waals surface area contributed by atoms with Crippen LogP contribution in [0.4, 0.5) is 16.0 Å². The number of aryl methyl sites for hydroxylation is 1. The molecule has 4 aromatic carbocycles. The summed E-state index contributed by atoms with van der Waals surface area (Å²) in [6.07, 6.45) is 4.76. The minimum atomic E-state index is -1.10. The zero-order valence-electron chi connectivity index (χ0n) is 34.5. The van der Waals surface area contributed by atoms with Crippen LogP contribution in [0.3, 0.4) is 0 Å². The first-order chi connectivity index (χ1) is 30.8. The van der Waals surface area contributed by atoms with E-state index in [1.807, 2.05) is 6.07 Å². The zero-order chi connectivity index (χ0) is 45.7. The maximum atomic E-state index is 15.0. The molecule has 1 atom stereocenters. The molecule has 0 fully saturated rings. The quantitative estimate of drug-likeness (QED) is 0.102. The molecule has 7 aromatic rings. The lowest BCUT2D eigenvalue weighted by Crippen LogP contribution is -2.39. The highest BCUT2D eigenvalue weighted by atomic mass is 35.5. The van der Waals surface area contributed by atoms with E-state index in [9.17, 15) is 19.5 Å². The second-order valence-electron chi connectivity index (χ2n) is 14.2. The number of hydrogen-bond donors (Lipinski definition) is 4. The van der Waals surface area contributed by atoms with Crippen LogP contribution in [0.25, 0.3) is 28.2 Å². The molecule has 8 rings (SSSR count). The van der Waals surface area contributed by atoms with Gasteiger partial charge in [0.1, 0.15) is 34.1 Å². The number of aliphatic imine (C=N–C) groups is 1. The highest BCUT2D eigenvalue weighted by molar-refractivity contribution is 6.32. The lowest BCUT2D eigenvalue weighted by atomic mass is 9.94. The van der Waals surface area contributed by atoms with Gasteiger partial charge in [0.2, 0.25) is 5.95 Å². The van der Waals surface area contributed by atoms with Gasteiger partial charge in [-0.2, -0.15) is 14.9 Å². The topological polar surface area (TPSA) is 208 Å². The number of aliphatic hydroxyl groups is 1. The fourth-order valence-electron chi connectivity index (χ4n) is 6.64. The molecule has 16 nitrogen and oxygen atoms in total. The number of nitrogens with one attached hydrogen (secondary N) is 2. The number of aliphatic hydroxyl groups excluding tert-OH is 1. The second-order valence-corrected chi connectivity index (χ2v) is 15.1. The first-order valence-electron chi connectivity index (χ1n) is 19.3. The van der Waals surface area contributed by atoms with Gasteiger partial charge in [0.25, 0.3) is 11.5 Å². The number of methoxy groups -OCH3 is 2. The fourth-order valence-corrected chi connectivity index (χ4v) is 6.93. The standard InChI is InChI=1S/C27H20ClFN4O4.C18H18ClN5O3/c1-36-21-5-3-4-20(29)23(21)25-19-10-15(28)6-8-17(19)24-14(12-30-25)13-31-27(33-24)32-16-7-9-18(26(34)35)22(11-16)37-2;1-11(10-25)21-17(26)15-7-16(12-3-5-13(19)6-4-12)22-24(18(15)27)14-8-20-23(2)9-14/h3-11,13H,12H2,1-2H3,(H,34,35)(H,31,32,33);3-9,11,25H,10H2,1-2H3,(H,21,26). The van der Waals surface area contributed by atoms with Gasteiger partial charge in [0.05, 0.1) is 62.4 Å². The number of carboxylic acids is 1. The maximum absolute atomic E-state index is 15.0. The normalized spacial score (nSPS) is 12.0. The molecule has 64 heavy (non-hydrogen) atoms. The van der Waals surface area contributed by atoms with Crippen molar-refractivity contribution in [3.8, 4) is 39.7 Å². The summed E-state index contributed by atoms with van der Waals surface area (Å²) in [4.78, 5) is 50.6. The minimum absolute atomic E-state index is 0.0370. The number of amides is 1. The summed E-state index contributed by atoms with van der Waals surface area (Å²) < 4.78 is 28.3. The molecular weight excluding hydrogens is 868 g/mol. The third-order valence-corrected chi connectivity index (χ3v) is 10.3. The predicted octanol–water partition coefficient (Wildman–Crippen LogP) is 7.14. The zero-order valence-corrected chi connectivity index (χ0v) is 36.0. The van der Waals surface area contributed by atoms with E-state index in [1.165, 1.54) is 43.3 Å². The van der Waals surface area contributed by atoms with Crippen molar-refractivity contribution >= 4 is 52.4 Å². The lowest BCUT2D eigenvalue weighted by Gasteiger charge is -2.15. The van der Waals surface area contributed by atoms with Crippen molar-refractivity contribution in [2.24, 2.45) is 12.0 Å². The highest BCUT2D eigenvalue weighted by Gasteiger charge is 2.26. The Bertz CT molecular complexity index is 3000. The smallest absolute Gasteiger partial charge is 0.339 e. The summed E-state index contributed by atoms with van der Waals surface area (Å²) in [6, 6.07) is 22.3. The Morgan fingerprint density at radius 1 is 0.922 bits per heavy atom. The van der Waals surface area contributed by atoms with Crippen LogP contribution in [0, 0.1) is 5.82 Å². The van der Waals surface area contributed by atoms with E-state index >= 15 is 4.39 Å². The van der Waals surface area contributed by atoms with E-state index in [2.05, 4.69) is 25.8 Å². The van der Waals surface area contributed by atoms with Crippen molar-refractivity contribution in [3.63, 3.8) is 0 Å². The van der Waals surface area contributed by atoms with Gasteiger partial charge in [-0.1, -0.05) is 47.5 Å². The number of halogens is 3. The fraction of sp³-hybridized carbons (Fsp3) is 0.156. The van der Waals surface area contributed by atoms with Crippen LogP contribution in [0.5, 0.6) is 11.5 Å². The molecule has 0 spiro atoms. The average Bonchev–Trinajstić information content (AvgIpc) is 3.66. The van der Waals surface area contributed by atoms with Crippen molar-refractivity contribution in [3.05, 3.63) is 158 Å². The third kappa shape index (κ3) is 9.61. The van der Waals surface area contributed by atoms with Gasteiger partial charge >= 0.3 is 5.97 Å². The van der Waals surface area contributed by atoms with Crippen molar-refractivity contribution in [2.45, 2.75) is 19.5 Å². The number of ether oxygens (including phenoxy) is 2. The Hall–Kier alpha value is -7.47. The summed E-state index contributed by atoms with van der Waals surface area (Å²) in [5.74, 6) is -1.33. The van der Waals surface area contributed by atoms with Crippen LogP contribution in [-0.4, -0.2) is 84.2 Å². The van der Waals surface area contributed by atoms with Gasteiger partial charge in [-0.05, 0) is 61.5 Å². The van der Waals surface area contributed by atoms with E-state index < -0.39 is 29.3 Å². The molecule has 0 radical (unpaired) electrons. The number of carbonyl (C=O) groups excluding carboxylic acids is 1. The number of benzene rings is 4. The molecule has 4 N–H and O–H groups in total. The van der Waals surface area contributed by atoms with Gasteiger partial charge in [-0.3, -0.25) is 19.3 Å². The molecule has 0 saturated heterocycles. The monoisotopic (exact) mass is 905 g/mol. The highest BCUT2D eigenvalue weighted by Crippen LogP contribution is 2.36. The molecular formula is C45H38Cl2FN9O7. The van der Waals surface area contributed by atoms with Gasteiger partial charge in [0.15, 0.2) is 0 Å². The summed E-state index contributed by atoms with van der Waals surface area (Å²) in [6.45, 7) is 1.60. The van der Waals surface area contributed by atoms with Crippen molar-refractivity contribution in [2.75, 3.05) is 26.1 Å². The maximum Gasteiger partial charge on any atom is 0.339 e. The molecule has 0 aliphatic carbocycles. The van der Waals surface area contributed by atoms with Gasteiger partial charge in [-0.25, -0.2) is 19.2 Å². The Kier molecular flexibility index (Phi) is 13.4. The number of anilines is 2. The predicted molar refractivity (Wildman–Crippen MR) is 239 cm³/mol. The Morgan fingerprint density at radius 3 is 2.36 bits per heavy atom. The Balaban J connectivity index is 0.000000201. The lowest BCUT2D eigenvalue weighted by molar-refractivity contribution is 0.0693. The minimum Gasteiger partial charge on any atom is -0.496 e. The second kappa shape index (κ2) is 19.3.